The van der Waals surface area contributed by atoms with Crippen LogP contribution in [0.25, 0.3) is 0 Å². The van der Waals surface area contributed by atoms with Gasteiger partial charge in [0.2, 0.25) is 11.8 Å². The van der Waals surface area contributed by atoms with Crippen molar-refractivity contribution in [2.24, 2.45) is 11.8 Å². The van der Waals surface area contributed by atoms with Crippen LogP contribution in [-0.4, -0.2) is 54.1 Å². The fourth-order valence-electron chi connectivity index (χ4n) is 3.93. The molecular weight excluding hydrogens is 312 g/mol. The first-order chi connectivity index (χ1) is 11.4. The van der Waals surface area contributed by atoms with Gasteiger partial charge < -0.3 is 9.84 Å². The van der Waals surface area contributed by atoms with Gasteiger partial charge in [0.25, 0.3) is 0 Å². The minimum absolute atomic E-state index is 0.356. The van der Waals surface area contributed by atoms with Gasteiger partial charge in [-0.05, 0) is 18.1 Å². The van der Waals surface area contributed by atoms with Crippen LogP contribution in [0.15, 0.2) is 24.3 Å². The maximum Gasteiger partial charge on any atom is 0.329 e. The molecule has 2 fully saturated rings. The van der Waals surface area contributed by atoms with Crippen LogP contribution in [0.3, 0.4) is 0 Å². The number of nitrogens with zero attached hydrogens (tertiary/aromatic N) is 1. The lowest BCUT2D eigenvalue weighted by molar-refractivity contribution is -0.156. The second kappa shape index (κ2) is 5.68. The quantitative estimate of drug-likeness (QED) is 0.587. The monoisotopic (exact) mass is 332 g/mol. The summed E-state index contributed by atoms with van der Waals surface area (Å²) in [5.74, 6) is -3.32. The maximum absolute atomic E-state index is 12.6. The van der Waals surface area contributed by atoms with Gasteiger partial charge in [-0.25, -0.2) is 4.79 Å². The average Bonchev–Trinajstić information content (AvgIpc) is 3.05. The number of rotatable bonds is 3. The highest BCUT2D eigenvalue weighted by atomic mass is 16.5. The number of aliphatic hydroxyl groups is 1. The summed E-state index contributed by atoms with van der Waals surface area (Å²) < 4.78 is 4.83. The van der Waals surface area contributed by atoms with Gasteiger partial charge in [0.15, 0.2) is 5.54 Å². The molecule has 0 aromatic heterocycles. The number of ether oxygens (including phenoxy) is 1. The zero-order chi connectivity index (χ0) is 17.6. The Balaban J connectivity index is 2.17. The number of nitrogens with one attached hydrogen (secondary N) is 1. The standard InChI is InChI=1S/C17H20N2O5/c1-9-6-4-5-7-10(9)13-11-12(15(22)19(2)14(11)21)17(8-20,18-13)16(23)24-3/h4-7,11-13,18,20H,8H2,1-3H3/t11-,12-,13-,17-/m1/s1. The van der Waals surface area contributed by atoms with E-state index in [2.05, 4.69) is 5.32 Å². The fourth-order valence-corrected chi connectivity index (χ4v) is 3.93. The van der Waals surface area contributed by atoms with Crippen LogP contribution in [0.2, 0.25) is 0 Å². The van der Waals surface area contributed by atoms with E-state index in [1.54, 1.807) is 0 Å². The topological polar surface area (TPSA) is 95.9 Å². The van der Waals surface area contributed by atoms with E-state index in [0.29, 0.717) is 0 Å². The summed E-state index contributed by atoms with van der Waals surface area (Å²) in [6.07, 6.45) is 0. The van der Waals surface area contributed by atoms with E-state index in [9.17, 15) is 19.5 Å². The largest absolute Gasteiger partial charge is 0.468 e. The molecule has 0 spiro atoms. The van der Waals surface area contributed by atoms with Crippen molar-refractivity contribution in [2.75, 3.05) is 20.8 Å². The molecule has 1 aromatic rings. The first-order valence-corrected chi connectivity index (χ1v) is 7.73. The van der Waals surface area contributed by atoms with Crippen LogP contribution in [0.1, 0.15) is 17.2 Å². The van der Waals surface area contributed by atoms with Crippen LogP contribution in [0, 0.1) is 18.8 Å². The summed E-state index contributed by atoms with van der Waals surface area (Å²) in [5, 5.41) is 13.0. The smallest absolute Gasteiger partial charge is 0.329 e. The number of carbonyl (C=O) groups is 3. The highest BCUT2D eigenvalue weighted by Crippen LogP contribution is 2.49. The Morgan fingerprint density at radius 1 is 1.33 bits per heavy atom. The molecule has 3 rings (SSSR count). The van der Waals surface area contributed by atoms with Crippen LogP contribution in [-0.2, 0) is 19.1 Å². The number of benzene rings is 1. The molecule has 0 saturated carbocycles. The van der Waals surface area contributed by atoms with Gasteiger partial charge in [-0.3, -0.25) is 19.8 Å². The predicted octanol–water partition coefficient (Wildman–Crippen LogP) is -0.226. The average molecular weight is 332 g/mol. The molecule has 2 N–H and O–H groups in total. The third-order valence-corrected chi connectivity index (χ3v) is 5.20. The molecule has 0 bridgehead atoms. The number of esters is 1. The summed E-state index contributed by atoms with van der Waals surface area (Å²) in [5.41, 5.74) is 0.134. The first-order valence-electron chi connectivity index (χ1n) is 7.73. The zero-order valence-electron chi connectivity index (χ0n) is 13.8. The van der Waals surface area contributed by atoms with Crippen LogP contribution >= 0.6 is 0 Å². The van der Waals surface area contributed by atoms with E-state index in [1.807, 2.05) is 31.2 Å². The minimum Gasteiger partial charge on any atom is -0.468 e. The molecule has 0 unspecified atom stereocenters. The predicted molar refractivity (Wildman–Crippen MR) is 83.6 cm³/mol. The van der Waals surface area contributed by atoms with Gasteiger partial charge in [0.1, 0.15) is 0 Å². The third kappa shape index (κ3) is 2.01. The van der Waals surface area contributed by atoms with Crippen molar-refractivity contribution in [3.63, 3.8) is 0 Å². The summed E-state index contributed by atoms with van der Waals surface area (Å²) >= 11 is 0. The number of hydrogen-bond donors (Lipinski definition) is 2. The number of imide groups is 1. The van der Waals surface area contributed by atoms with Gasteiger partial charge in [-0.15, -0.1) is 0 Å². The second-order valence-corrected chi connectivity index (χ2v) is 6.34. The van der Waals surface area contributed by atoms with Crippen molar-refractivity contribution in [1.82, 2.24) is 10.2 Å². The van der Waals surface area contributed by atoms with Crippen molar-refractivity contribution in [3.05, 3.63) is 35.4 Å². The third-order valence-electron chi connectivity index (χ3n) is 5.20. The van der Waals surface area contributed by atoms with Crippen LogP contribution in [0.4, 0.5) is 0 Å². The lowest BCUT2D eigenvalue weighted by Crippen LogP contribution is -2.58. The van der Waals surface area contributed by atoms with Crippen molar-refractivity contribution in [3.8, 4) is 0 Å². The molecule has 2 heterocycles. The fraction of sp³-hybridized carbons (Fsp3) is 0.471. The minimum atomic E-state index is -1.62. The number of carbonyl (C=O) groups excluding carboxylic acids is 3. The number of methoxy groups -OCH3 is 1. The van der Waals surface area contributed by atoms with E-state index in [4.69, 9.17) is 4.74 Å². The van der Waals surface area contributed by atoms with Crippen molar-refractivity contribution in [2.45, 2.75) is 18.5 Å². The molecule has 2 aliphatic heterocycles. The molecule has 2 aliphatic rings. The molecule has 4 atom stereocenters. The first kappa shape index (κ1) is 16.6. The molecule has 128 valence electrons. The van der Waals surface area contributed by atoms with Crippen molar-refractivity contribution < 1.29 is 24.2 Å². The summed E-state index contributed by atoms with van der Waals surface area (Å²) in [4.78, 5) is 38.7. The molecule has 2 amide bonds. The SMILES string of the molecule is COC(=O)[C@]1(CO)N[C@H](c2ccccc2C)[C@@H]2C(=O)N(C)C(=O)[C@@H]21. The van der Waals surface area contributed by atoms with Crippen LogP contribution in [0.5, 0.6) is 0 Å². The molecule has 0 radical (unpaired) electrons. The second-order valence-electron chi connectivity index (χ2n) is 6.34. The van der Waals surface area contributed by atoms with Gasteiger partial charge in [0.05, 0.1) is 25.6 Å². The maximum atomic E-state index is 12.6. The Kier molecular flexibility index (Phi) is 3.93. The summed E-state index contributed by atoms with van der Waals surface area (Å²) in [6, 6.07) is 6.90. The van der Waals surface area contributed by atoms with Gasteiger partial charge in [0, 0.05) is 13.1 Å². The molecule has 2 saturated heterocycles. The van der Waals surface area contributed by atoms with E-state index in [1.165, 1.54) is 14.2 Å². The number of fused-ring (bicyclic) bond motifs is 1. The van der Waals surface area contributed by atoms with Crippen LogP contribution < -0.4 is 5.32 Å². The summed E-state index contributed by atoms with van der Waals surface area (Å²) in [7, 11) is 2.60. The number of hydrogen-bond acceptors (Lipinski definition) is 6. The molecule has 7 nitrogen and oxygen atoms in total. The van der Waals surface area contributed by atoms with Crippen molar-refractivity contribution in [1.29, 1.82) is 0 Å². The van der Waals surface area contributed by atoms with E-state index >= 15 is 0 Å². The Morgan fingerprint density at radius 3 is 2.58 bits per heavy atom. The van der Waals surface area contributed by atoms with E-state index in [0.717, 1.165) is 16.0 Å². The molecule has 1 aromatic carbocycles. The lowest BCUT2D eigenvalue weighted by atomic mass is 9.79. The summed E-state index contributed by atoms with van der Waals surface area (Å²) in [6.45, 7) is 1.27. The van der Waals surface area contributed by atoms with E-state index in [-0.39, 0.29) is 5.91 Å². The zero-order valence-corrected chi connectivity index (χ0v) is 13.8. The molecule has 7 heteroatoms. The number of aryl methyl sites for hydroxylation is 1. The Hall–Kier alpha value is -2.25. The van der Waals surface area contributed by atoms with Crippen molar-refractivity contribution >= 4 is 17.8 Å². The highest BCUT2D eigenvalue weighted by molar-refractivity contribution is 6.09. The highest BCUT2D eigenvalue weighted by Gasteiger charge is 2.68. The van der Waals surface area contributed by atoms with E-state index < -0.39 is 41.9 Å². The number of aliphatic hydroxyl groups excluding tert-OH is 1. The molecule has 0 aliphatic carbocycles. The Labute approximate surface area is 139 Å². The van der Waals surface area contributed by atoms with Gasteiger partial charge >= 0.3 is 5.97 Å². The normalized spacial score (nSPS) is 32.2. The Morgan fingerprint density at radius 2 is 2.00 bits per heavy atom. The number of amides is 2. The molecular formula is C17H20N2O5. The van der Waals surface area contributed by atoms with Gasteiger partial charge in [-0.1, -0.05) is 24.3 Å². The number of likely N-dealkylation sites (tertiary alicyclic amines) is 1. The Bertz CT molecular complexity index is 719. The van der Waals surface area contributed by atoms with Gasteiger partial charge in [-0.2, -0.15) is 0 Å². The lowest BCUT2D eigenvalue weighted by Gasteiger charge is -2.30. The molecule has 24 heavy (non-hydrogen) atoms.